The molecule has 1 N–H and O–H groups in total. The first-order valence-corrected chi connectivity index (χ1v) is 5.91. The van der Waals surface area contributed by atoms with Gasteiger partial charge in [0.15, 0.2) is 0 Å². The lowest BCUT2D eigenvalue weighted by atomic mass is 10.0. The molecule has 0 aliphatic carbocycles. The summed E-state index contributed by atoms with van der Waals surface area (Å²) in [5.74, 6) is 0. The van der Waals surface area contributed by atoms with Gasteiger partial charge in [-0.2, -0.15) is 5.26 Å². The molecule has 0 aliphatic rings. The van der Waals surface area contributed by atoms with Gasteiger partial charge in [0.2, 0.25) is 0 Å². The predicted molar refractivity (Wildman–Crippen MR) is 71.8 cm³/mol. The summed E-state index contributed by atoms with van der Waals surface area (Å²) in [6, 6.07) is 8.70. The van der Waals surface area contributed by atoms with Gasteiger partial charge in [0, 0.05) is 11.8 Å². The van der Waals surface area contributed by atoms with E-state index in [4.69, 9.17) is 28.5 Å². The zero-order valence-electron chi connectivity index (χ0n) is 9.21. The van der Waals surface area contributed by atoms with E-state index in [1.54, 1.807) is 24.3 Å². The number of nitrogens with one attached hydrogen (secondary N) is 1. The van der Waals surface area contributed by atoms with Crippen molar-refractivity contribution in [2.24, 2.45) is 0 Å². The van der Waals surface area contributed by atoms with Gasteiger partial charge in [-0.05, 0) is 29.3 Å². The molecule has 5 heteroatoms. The van der Waals surface area contributed by atoms with Crippen LogP contribution in [0.3, 0.4) is 0 Å². The van der Waals surface area contributed by atoms with Gasteiger partial charge in [0.25, 0.3) is 5.56 Å². The van der Waals surface area contributed by atoms with Crippen molar-refractivity contribution >= 4 is 23.2 Å². The molecule has 0 saturated heterocycles. The van der Waals surface area contributed by atoms with Crippen molar-refractivity contribution in [3.8, 4) is 17.2 Å². The third kappa shape index (κ3) is 2.56. The van der Waals surface area contributed by atoms with E-state index in [0.717, 1.165) is 5.56 Å². The van der Waals surface area contributed by atoms with Crippen molar-refractivity contribution in [3.63, 3.8) is 0 Å². The minimum Gasteiger partial charge on any atom is -0.328 e. The van der Waals surface area contributed by atoms with Crippen LogP contribution in [-0.2, 0) is 6.42 Å². The minimum atomic E-state index is -0.227. The second-order valence-electron chi connectivity index (χ2n) is 3.71. The molecule has 1 heterocycles. The Morgan fingerprint density at radius 2 is 2.00 bits per heavy atom. The lowest BCUT2D eigenvalue weighted by Gasteiger charge is -2.04. The van der Waals surface area contributed by atoms with Crippen LogP contribution < -0.4 is 5.56 Å². The molecule has 0 fully saturated rings. The number of H-pyrrole nitrogens is 1. The quantitative estimate of drug-likeness (QED) is 0.915. The predicted octanol–water partition coefficient (Wildman–Crippen LogP) is 3.41. The summed E-state index contributed by atoms with van der Waals surface area (Å²) in [5.41, 5.74) is 1.67. The van der Waals surface area contributed by atoms with E-state index in [9.17, 15) is 4.79 Å². The lowest BCUT2D eigenvalue weighted by molar-refractivity contribution is 1.15. The van der Waals surface area contributed by atoms with Gasteiger partial charge < -0.3 is 4.98 Å². The molecule has 18 heavy (non-hydrogen) atoms. The summed E-state index contributed by atoms with van der Waals surface area (Å²) >= 11 is 11.7. The maximum atomic E-state index is 11.8. The first-order chi connectivity index (χ1) is 8.61. The molecule has 0 atom stereocenters. The number of halogens is 2. The number of rotatable bonds is 2. The number of nitriles is 1. The van der Waals surface area contributed by atoms with Crippen molar-refractivity contribution in [2.75, 3.05) is 0 Å². The molecule has 3 nitrogen and oxygen atoms in total. The Morgan fingerprint density at radius 3 is 2.67 bits per heavy atom. The van der Waals surface area contributed by atoms with Crippen LogP contribution >= 0.6 is 23.2 Å². The van der Waals surface area contributed by atoms with E-state index in [-0.39, 0.29) is 12.0 Å². The number of pyridine rings is 1. The zero-order chi connectivity index (χ0) is 13.1. The van der Waals surface area contributed by atoms with Crippen LogP contribution in [0.1, 0.15) is 5.56 Å². The van der Waals surface area contributed by atoms with E-state index in [0.29, 0.717) is 21.2 Å². The number of hydrogen-bond acceptors (Lipinski definition) is 2. The van der Waals surface area contributed by atoms with Crippen molar-refractivity contribution in [1.29, 1.82) is 5.26 Å². The molecule has 2 rings (SSSR count). The van der Waals surface area contributed by atoms with Gasteiger partial charge >= 0.3 is 0 Å². The highest BCUT2D eigenvalue weighted by Crippen LogP contribution is 2.27. The molecule has 0 amide bonds. The fraction of sp³-hybridized carbons (Fsp3) is 0.0769. The largest absolute Gasteiger partial charge is 0.328 e. The standard InChI is InChI=1S/C13H8Cl2N2O/c14-11-2-1-9(6-12(11)15)10-5-8(3-4-16)7-17-13(10)18/h1-2,5-7H,3H2,(H,17,18). The Hall–Kier alpha value is -1.76. The molecule has 0 unspecified atom stereocenters. The van der Waals surface area contributed by atoms with Crippen LogP contribution in [0.25, 0.3) is 11.1 Å². The van der Waals surface area contributed by atoms with Gasteiger partial charge in [0.1, 0.15) is 0 Å². The minimum absolute atomic E-state index is 0.227. The van der Waals surface area contributed by atoms with Crippen molar-refractivity contribution < 1.29 is 0 Å². The number of nitrogens with zero attached hydrogens (tertiary/aromatic N) is 1. The SMILES string of the molecule is N#CCc1c[nH]c(=O)c(-c2ccc(Cl)c(Cl)c2)c1. The monoisotopic (exact) mass is 278 g/mol. The van der Waals surface area contributed by atoms with E-state index < -0.39 is 0 Å². The van der Waals surface area contributed by atoms with Gasteiger partial charge in [-0.25, -0.2) is 0 Å². The molecule has 90 valence electrons. The molecule has 2 aromatic rings. The smallest absolute Gasteiger partial charge is 0.255 e. The fourth-order valence-corrected chi connectivity index (χ4v) is 1.90. The molecule has 0 bridgehead atoms. The Bertz CT molecular complexity index is 686. The number of benzene rings is 1. The fourth-order valence-electron chi connectivity index (χ4n) is 1.60. The Labute approximate surface area is 114 Å². The summed E-state index contributed by atoms with van der Waals surface area (Å²) in [5, 5.41) is 9.47. The summed E-state index contributed by atoms with van der Waals surface area (Å²) in [6.45, 7) is 0. The maximum absolute atomic E-state index is 11.8. The highest BCUT2D eigenvalue weighted by molar-refractivity contribution is 6.42. The second-order valence-corrected chi connectivity index (χ2v) is 4.53. The highest BCUT2D eigenvalue weighted by atomic mass is 35.5. The van der Waals surface area contributed by atoms with Crippen LogP contribution in [0.2, 0.25) is 10.0 Å². The van der Waals surface area contributed by atoms with E-state index in [1.165, 1.54) is 6.20 Å². The van der Waals surface area contributed by atoms with E-state index in [1.807, 2.05) is 6.07 Å². The van der Waals surface area contributed by atoms with E-state index >= 15 is 0 Å². The first kappa shape index (κ1) is 12.7. The topological polar surface area (TPSA) is 56.6 Å². The third-order valence-corrected chi connectivity index (χ3v) is 3.22. The van der Waals surface area contributed by atoms with Crippen LogP contribution in [0.5, 0.6) is 0 Å². The van der Waals surface area contributed by atoms with Crippen molar-refractivity contribution in [3.05, 3.63) is 56.4 Å². The first-order valence-electron chi connectivity index (χ1n) is 5.16. The molecule has 0 spiro atoms. The summed E-state index contributed by atoms with van der Waals surface area (Å²) in [6.07, 6.45) is 1.78. The maximum Gasteiger partial charge on any atom is 0.255 e. The normalized spacial score (nSPS) is 10.1. The molecule has 0 radical (unpaired) electrons. The van der Waals surface area contributed by atoms with Crippen LogP contribution in [0.4, 0.5) is 0 Å². The molecule has 0 aliphatic heterocycles. The molecular formula is C13H8Cl2N2O. The van der Waals surface area contributed by atoms with Crippen LogP contribution in [0, 0.1) is 11.3 Å². The molecule has 1 aromatic heterocycles. The average molecular weight is 279 g/mol. The van der Waals surface area contributed by atoms with Crippen molar-refractivity contribution in [2.45, 2.75) is 6.42 Å². The Kier molecular flexibility index (Phi) is 3.71. The lowest BCUT2D eigenvalue weighted by Crippen LogP contribution is -2.09. The molecular weight excluding hydrogens is 271 g/mol. The van der Waals surface area contributed by atoms with Gasteiger partial charge in [-0.1, -0.05) is 29.3 Å². The van der Waals surface area contributed by atoms with Gasteiger partial charge in [0.05, 0.1) is 22.5 Å². The summed E-state index contributed by atoms with van der Waals surface area (Å²) in [7, 11) is 0. The number of aromatic nitrogens is 1. The zero-order valence-corrected chi connectivity index (χ0v) is 10.7. The Balaban J connectivity index is 2.56. The van der Waals surface area contributed by atoms with E-state index in [2.05, 4.69) is 4.98 Å². The second kappa shape index (κ2) is 5.26. The summed E-state index contributed by atoms with van der Waals surface area (Å²) < 4.78 is 0. The molecule has 0 saturated carbocycles. The van der Waals surface area contributed by atoms with Gasteiger partial charge in [-0.15, -0.1) is 0 Å². The average Bonchev–Trinajstić information content (AvgIpc) is 2.35. The molecule has 1 aromatic carbocycles. The number of aromatic amines is 1. The summed E-state index contributed by atoms with van der Waals surface area (Å²) in [4.78, 5) is 14.4. The van der Waals surface area contributed by atoms with Gasteiger partial charge in [-0.3, -0.25) is 4.79 Å². The van der Waals surface area contributed by atoms with Crippen LogP contribution in [0.15, 0.2) is 35.3 Å². The van der Waals surface area contributed by atoms with Crippen LogP contribution in [-0.4, -0.2) is 4.98 Å². The third-order valence-electron chi connectivity index (χ3n) is 2.48. The van der Waals surface area contributed by atoms with Crippen molar-refractivity contribution in [1.82, 2.24) is 4.98 Å². The highest BCUT2D eigenvalue weighted by Gasteiger charge is 2.07. The number of hydrogen-bond donors (Lipinski definition) is 1. The Morgan fingerprint density at radius 1 is 1.22 bits per heavy atom.